The Bertz CT molecular complexity index is 234. The van der Waals surface area contributed by atoms with Gasteiger partial charge in [0.2, 0.25) is 0 Å². The molecule has 0 aromatic rings. The number of hydrogen-bond acceptors (Lipinski definition) is 4. The number of carbonyl (C=O) groups excluding carboxylic acids is 2. The molecule has 1 fully saturated rings. The van der Waals surface area contributed by atoms with E-state index in [-0.39, 0.29) is 12.2 Å². The van der Waals surface area contributed by atoms with Crippen molar-refractivity contribution in [1.29, 1.82) is 0 Å². The van der Waals surface area contributed by atoms with Crippen LogP contribution in [-0.4, -0.2) is 42.0 Å². The van der Waals surface area contributed by atoms with E-state index in [1.165, 1.54) is 4.90 Å². The summed E-state index contributed by atoms with van der Waals surface area (Å²) in [5.74, 6) is 3.48. The van der Waals surface area contributed by atoms with Crippen LogP contribution in [0, 0.1) is 0 Å². The molecule has 6 heteroatoms. The van der Waals surface area contributed by atoms with Crippen LogP contribution < -0.4 is 11.3 Å². The maximum Gasteiger partial charge on any atom is 0.323 e. The van der Waals surface area contributed by atoms with Gasteiger partial charge in [0.25, 0.3) is 0 Å². The third-order valence-electron chi connectivity index (χ3n) is 2.03. The second-order valence-electron chi connectivity index (χ2n) is 3.44. The first kappa shape index (κ1) is 10.9. The Morgan fingerprint density at radius 3 is 2.29 bits per heavy atom. The molecule has 0 spiro atoms. The van der Waals surface area contributed by atoms with Crippen LogP contribution in [0.25, 0.3) is 0 Å². The fourth-order valence-corrected chi connectivity index (χ4v) is 1.55. The van der Waals surface area contributed by atoms with Gasteiger partial charge in [-0.15, -0.1) is 0 Å². The number of amides is 2. The summed E-state index contributed by atoms with van der Waals surface area (Å²) in [5, 5.41) is 0. The van der Waals surface area contributed by atoms with Gasteiger partial charge in [0.1, 0.15) is 0 Å². The Labute approximate surface area is 82.3 Å². The van der Waals surface area contributed by atoms with Crippen LogP contribution in [-0.2, 0) is 14.3 Å². The lowest BCUT2D eigenvalue weighted by atomic mass is 10.2. The highest BCUT2D eigenvalue weighted by Crippen LogP contribution is 2.10. The summed E-state index contributed by atoms with van der Waals surface area (Å²) in [4.78, 5) is 23.8. The number of nitrogens with two attached hydrogens (primary N) is 1. The van der Waals surface area contributed by atoms with E-state index in [1.54, 1.807) is 0 Å². The third-order valence-corrected chi connectivity index (χ3v) is 2.03. The number of carbonyl (C=O) groups is 2. The molecule has 1 aliphatic rings. The third kappa shape index (κ3) is 2.43. The van der Waals surface area contributed by atoms with Gasteiger partial charge in [-0.1, -0.05) is 0 Å². The second-order valence-corrected chi connectivity index (χ2v) is 3.44. The van der Waals surface area contributed by atoms with Gasteiger partial charge in [-0.05, 0) is 13.8 Å². The summed E-state index contributed by atoms with van der Waals surface area (Å²) in [6.07, 6.45) is -0.0958. The summed E-state index contributed by atoms with van der Waals surface area (Å²) in [6.45, 7) is 4.57. The second kappa shape index (κ2) is 4.39. The van der Waals surface area contributed by atoms with E-state index in [0.717, 1.165) is 0 Å². The Hall–Kier alpha value is -1.14. The number of nitrogens with zero attached hydrogens (tertiary/aromatic N) is 1. The van der Waals surface area contributed by atoms with Crippen molar-refractivity contribution in [3.8, 4) is 0 Å². The van der Waals surface area contributed by atoms with Gasteiger partial charge in [0.15, 0.2) is 0 Å². The fourth-order valence-electron chi connectivity index (χ4n) is 1.55. The van der Waals surface area contributed by atoms with Gasteiger partial charge >= 0.3 is 11.8 Å². The lowest BCUT2D eigenvalue weighted by molar-refractivity contribution is -0.153. The van der Waals surface area contributed by atoms with E-state index in [4.69, 9.17) is 10.6 Å². The zero-order valence-corrected chi connectivity index (χ0v) is 8.32. The van der Waals surface area contributed by atoms with Gasteiger partial charge < -0.3 is 9.64 Å². The smallest absolute Gasteiger partial charge is 0.323 e. The maximum atomic E-state index is 11.4. The Balaban J connectivity index is 2.59. The van der Waals surface area contributed by atoms with Gasteiger partial charge in [-0.2, -0.15) is 0 Å². The first-order valence-electron chi connectivity index (χ1n) is 4.50. The van der Waals surface area contributed by atoms with Gasteiger partial charge in [-0.3, -0.25) is 15.0 Å². The molecule has 1 aliphatic heterocycles. The summed E-state index contributed by atoms with van der Waals surface area (Å²) < 4.78 is 5.42. The molecular weight excluding hydrogens is 186 g/mol. The summed E-state index contributed by atoms with van der Waals surface area (Å²) in [7, 11) is 0. The first-order valence-corrected chi connectivity index (χ1v) is 4.50. The first-order chi connectivity index (χ1) is 6.54. The molecular formula is C8H15N3O3. The number of hydrazine groups is 1. The molecule has 1 saturated heterocycles. The van der Waals surface area contributed by atoms with Crippen molar-refractivity contribution in [2.24, 2.45) is 5.84 Å². The minimum absolute atomic E-state index is 0.0479. The average Bonchev–Trinajstić information content (AvgIpc) is 2.14. The zero-order chi connectivity index (χ0) is 10.7. The predicted molar refractivity (Wildman–Crippen MR) is 48.9 cm³/mol. The molecule has 80 valence electrons. The van der Waals surface area contributed by atoms with Crippen molar-refractivity contribution in [2.45, 2.75) is 26.1 Å². The Kier molecular flexibility index (Phi) is 3.43. The monoisotopic (exact) mass is 201 g/mol. The molecule has 2 amide bonds. The van der Waals surface area contributed by atoms with Crippen molar-refractivity contribution in [3.63, 3.8) is 0 Å². The van der Waals surface area contributed by atoms with Gasteiger partial charge in [0.05, 0.1) is 12.2 Å². The largest absolute Gasteiger partial charge is 0.372 e. The summed E-state index contributed by atoms with van der Waals surface area (Å²) >= 11 is 0. The minimum Gasteiger partial charge on any atom is -0.372 e. The topological polar surface area (TPSA) is 84.7 Å². The van der Waals surface area contributed by atoms with E-state index in [2.05, 4.69) is 0 Å². The Morgan fingerprint density at radius 1 is 1.36 bits per heavy atom. The summed E-state index contributed by atoms with van der Waals surface area (Å²) in [5.41, 5.74) is 1.82. The zero-order valence-electron chi connectivity index (χ0n) is 8.32. The van der Waals surface area contributed by atoms with Crippen molar-refractivity contribution in [2.75, 3.05) is 13.1 Å². The molecule has 1 heterocycles. The van der Waals surface area contributed by atoms with Crippen molar-refractivity contribution >= 4 is 11.8 Å². The lowest BCUT2D eigenvalue weighted by Crippen LogP contribution is -2.53. The van der Waals surface area contributed by atoms with Crippen molar-refractivity contribution in [1.82, 2.24) is 10.3 Å². The van der Waals surface area contributed by atoms with Crippen molar-refractivity contribution in [3.05, 3.63) is 0 Å². The van der Waals surface area contributed by atoms with E-state index < -0.39 is 11.8 Å². The molecule has 3 N–H and O–H groups in total. The van der Waals surface area contributed by atoms with E-state index in [9.17, 15) is 9.59 Å². The Morgan fingerprint density at radius 2 is 1.86 bits per heavy atom. The van der Waals surface area contributed by atoms with Crippen molar-refractivity contribution < 1.29 is 14.3 Å². The molecule has 0 unspecified atom stereocenters. The van der Waals surface area contributed by atoms with Crippen LogP contribution in [0.2, 0.25) is 0 Å². The number of hydrogen-bond donors (Lipinski definition) is 2. The van der Waals surface area contributed by atoms with Gasteiger partial charge in [0, 0.05) is 13.1 Å². The van der Waals surface area contributed by atoms with E-state index in [0.29, 0.717) is 13.1 Å². The minimum atomic E-state index is -0.786. The molecule has 0 radical (unpaired) electrons. The van der Waals surface area contributed by atoms with Crippen LogP contribution in [0.1, 0.15) is 13.8 Å². The number of nitrogens with one attached hydrogen (secondary N) is 1. The highest BCUT2D eigenvalue weighted by atomic mass is 16.5. The summed E-state index contributed by atoms with van der Waals surface area (Å²) in [6, 6.07) is 0. The van der Waals surface area contributed by atoms with Crippen LogP contribution in [0.3, 0.4) is 0 Å². The molecule has 2 atom stereocenters. The number of morpholine rings is 1. The normalized spacial score (nSPS) is 27.2. The average molecular weight is 201 g/mol. The number of rotatable bonds is 0. The maximum absolute atomic E-state index is 11.4. The molecule has 14 heavy (non-hydrogen) atoms. The van der Waals surface area contributed by atoms with Crippen LogP contribution in [0.5, 0.6) is 0 Å². The van der Waals surface area contributed by atoms with Crippen LogP contribution >= 0.6 is 0 Å². The van der Waals surface area contributed by atoms with Gasteiger partial charge in [-0.25, -0.2) is 5.84 Å². The molecule has 0 aromatic carbocycles. The SMILES string of the molecule is C[C@@H]1CN(C(=O)C(=O)NN)C[C@H](C)O1. The van der Waals surface area contributed by atoms with E-state index in [1.807, 2.05) is 19.3 Å². The number of ether oxygens (including phenoxy) is 1. The van der Waals surface area contributed by atoms with Crippen LogP contribution in [0.15, 0.2) is 0 Å². The van der Waals surface area contributed by atoms with Crippen LogP contribution in [0.4, 0.5) is 0 Å². The highest BCUT2D eigenvalue weighted by Gasteiger charge is 2.29. The highest BCUT2D eigenvalue weighted by molar-refractivity contribution is 6.34. The lowest BCUT2D eigenvalue weighted by Gasteiger charge is -2.34. The predicted octanol–water partition coefficient (Wildman–Crippen LogP) is -1.39. The molecule has 0 aliphatic carbocycles. The molecule has 0 aromatic heterocycles. The molecule has 0 bridgehead atoms. The quantitative estimate of drug-likeness (QED) is 0.219. The standard InChI is InChI=1S/C8H15N3O3/c1-5-3-11(4-6(2)14-5)8(13)7(12)10-9/h5-6H,3-4,9H2,1-2H3,(H,10,12)/t5-,6+. The molecule has 1 rings (SSSR count). The molecule has 6 nitrogen and oxygen atoms in total. The van der Waals surface area contributed by atoms with E-state index >= 15 is 0 Å². The fraction of sp³-hybridized carbons (Fsp3) is 0.750. The molecule has 0 saturated carbocycles.